The zero-order valence-corrected chi connectivity index (χ0v) is 13.7. The average Bonchev–Trinajstić information content (AvgIpc) is 3.04. The predicted molar refractivity (Wildman–Crippen MR) is 94.8 cm³/mol. The van der Waals surface area contributed by atoms with Crippen molar-refractivity contribution < 1.29 is 5.11 Å². The maximum absolute atomic E-state index is 10.3. The van der Waals surface area contributed by atoms with Gasteiger partial charge in [-0.2, -0.15) is 0 Å². The second-order valence-corrected chi connectivity index (χ2v) is 6.63. The lowest BCUT2D eigenvalue weighted by atomic mass is 9.95. The fourth-order valence-corrected chi connectivity index (χ4v) is 3.28. The van der Waals surface area contributed by atoms with Gasteiger partial charge in [0, 0.05) is 49.3 Å². The van der Waals surface area contributed by atoms with E-state index in [1.54, 1.807) is 12.4 Å². The smallest absolute Gasteiger partial charge is 0.180 e. The van der Waals surface area contributed by atoms with Crippen LogP contribution in [-0.2, 0) is 0 Å². The SMILES string of the molecule is C[C@]1(O)CCCN(c2ccc(Nc3nccn4ccnc34)cc2)C1. The highest BCUT2D eigenvalue weighted by molar-refractivity contribution is 5.70. The molecule has 2 N–H and O–H groups in total. The van der Waals surface area contributed by atoms with Gasteiger partial charge in [0.1, 0.15) is 0 Å². The van der Waals surface area contributed by atoms with Crippen LogP contribution >= 0.6 is 0 Å². The lowest BCUT2D eigenvalue weighted by molar-refractivity contribution is 0.0449. The number of aliphatic hydroxyl groups is 1. The number of hydrogen-bond acceptors (Lipinski definition) is 5. The highest BCUT2D eigenvalue weighted by atomic mass is 16.3. The summed E-state index contributed by atoms with van der Waals surface area (Å²) in [6, 6.07) is 8.23. The van der Waals surface area contributed by atoms with E-state index in [2.05, 4.69) is 32.3 Å². The van der Waals surface area contributed by atoms with E-state index >= 15 is 0 Å². The lowest BCUT2D eigenvalue weighted by Crippen LogP contribution is -2.46. The molecule has 1 aromatic carbocycles. The molecule has 1 aliphatic heterocycles. The summed E-state index contributed by atoms with van der Waals surface area (Å²) >= 11 is 0. The first-order chi connectivity index (χ1) is 11.6. The minimum absolute atomic E-state index is 0.602. The molecular weight excluding hydrogens is 302 g/mol. The Bertz CT molecular complexity index is 840. The van der Waals surface area contributed by atoms with Crippen molar-refractivity contribution in [3.8, 4) is 0 Å². The molecular formula is C18H21N5O. The third-order valence-corrected chi connectivity index (χ3v) is 4.48. The van der Waals surface area contributed by atoms with Crippen molar-refractivity contribution in [3.05, 3.63) is 49.1 Å². The molecule has 0 spiro atoms. The zero-order chi connectivity index (χ0) is 16.6. The predicted octanol–water partition coefficient (Wildman–Crippen LogP) is 2.82. The van der Waals surface area contributed by atoms with Crippen LogP contribution in [0.1, 0.15) is 19.8 Å². The molecule has 0 amide bonds. The molecule has 0 aliphatic carbocycles. The van der Waals surface area contributed by atoms with Gasteiger partial charge in [-0.25, -0.2) is 9.97 Å². The monoisotopic (exact) mass is 323 g/mol. The summed E-state index contributed by atoms with van der Waals surface area (Å²) in [6.45, 7) is 3.57. The third kappa shape index (κ3) is 2.92. The molecule has 1 fully saturated rings. The number of β-amino-alcohol motifs (C(OH)–C–C–N with tert-alkyl or cyclic N) is 1. The van der Waals surface area contributed by atoms with Gasteiger partial charge in [0.25, 0.3) is 0 Å². The number of imidazole rings is 1. The molecule has 0 radical (unpaired) electrons. The minimum Gasteiger partial charge on any atom is -0.388 e. The van der Waals surface area contributed by atoms with Gasteiger partial charge >= 0.3 is 0 Å². The molecule has 6 heteroatoms. The Morgan fingerprint density at radius 1 is 1.12 bits per heavy atom. The van der Waals surface area contributed by atoms with Gasteiger partial charge < -0.3 is 19.7 Å². The van der Waals surface area contributed by atoms with Gasteiger partial charge in [-0.05, 0) is 44.0 Å². The summed E-state index contributed by atoms with van der Waals surface area (Å²) in [5.74, 6) is 0.733. The van der Waals surface area contributed by atoms with E-state index in [1.807, 2.05) is 35.9 Å². The Balaban J connectivity index is 1.53. The summed E-state index contributed by atoms with van der Waals surface area (Å²) in [6.07, 6.45) is 9.16. The molecule has 6 nitrogen and oxygen atoms in total. The van der Waals surface area contributed by atoms with Crippen LogP contribution < -0.4 is 10.2 Å². The van der Waals surface area contributed by atoms with Crippen molar-refractivity contribution in [2.45, 2.75) is 25.4 Å². The average molecular weight is 323 g/mol. The van der Waals surface area contributed by atoms with Crippen LogP contribution in [0.3, 0.4) is 0 Å². The highest BCUT2D eigenvalue weighted by Crippen LogP contribution is 2.27. The first-order valence-corrected chi connectivity index (χ1v) is 8.23. The zero-order valence-electron chi connectivity index (χ0n) is 13.7. The van der Waals surface area contributed by atoms with Crippen molar-refractivity contribution in [1.82, 2.24) is 14.4 Å². The second kappa shape index (κ2) is 5.79. The number of fused-ring (bicyclic) bond motifs is 1. The van der Waals surface area contributed by atoms with Crippen LogP contribution in [0.2, 0.25) is 0 Å². The molecule has 1 atom stereocenters. The van der Waals surface area contributed by atoms with Crippen LogP contribution in [0.5, 0.6) is 0 Å². The van der Waals surface area contributed by atoms with E-state index in [4.69, 9.17) is 0 Å². The summed E-state index contributed by atoms with van der Waals surface area (Å²) < 4.78 is 1.93. The summed E-state index contributed by atoms with van der Waals surface area (Å²) in [5.41, 5.74) is 2.29. The van der Waals surface area contributed by atoms with Crippen molar-refractivity contribution >= 4 is 22.8 Å². The van der Waals surface area contributed by atoms with Crippen molar-refractivity contribution in [2.75, 3.05) is 23.3 Å². The van der Waals surface area contributed by atoms with E-state index < -0.39 is 5.60 Å². The number of piperidine rings is 1. The van der Waals surface area contributed by atoms with Crippen LogP contribution in [0.25, 0.3) is 5.65 Å². The Labute approximate surface area is 140 Å². The Kier molecular flexibility index (Phi) is 3.61. The topological polar surface area (TPSA) is 65.7 Å². The highest BCUT2D eigenvalue weighted by Gasteiger charge is 2.28. The number of nitrogens with one attached hydrogen (secondary N) is 1. The molecule has 124 valence electrons. The van der Waals surface area contributed by atoms with Gasteiger partial charge in [-0.3, -0.25) is 0 Å². The van der Waals surface area contributed by atoms with Gasteiger partial charge in [-0.15, -0.1) is 0 Å². The Hall–Kier alpha value is -2.60. The lowest BCUT2D eigenvalue weighted by Gasteiger charge is -2.38. The first kappa shape index (κ1) is 15.0. The van der Waals surface area contributed by atoms with Crippen LogP contribution in [0.15, 0.2) is 49.1 Å². The van der Waals surface area contributed by atoms with E-state index in [9.17, 15) is 5.11 Å². The van der Waals surface area contributed by atoms with E-state index in [0.717, 1.165) is 42.2 Å². The maximum atomic E-state index is 10.3. The van der Waals surface area contributed by atoms with Crippen LogP contribution in [0.4, 0.5) is 17.2 Å². The number of nitrogens with zero attached hydrogens (tertiary/aromatic N) is 4. The molecule has 2 aromatic heterocycles. The van der Waals surface area contributed by atoms with Crippen molar-refractivity contribution in [3.63, 3.8) is 0 Å². The van der Waals surface area contributed by atoms with Crippen LogP contribution in [-0.4, -0.2) is 38.2 Å². The number of benzene rings is 1. The van der Waals surface area contributed by atoms with Gasteiger partial charge in [0.05, 0.1) is 5.60 Å². The van der Waals surface area contributed by atoms with E-state index in [-0.39, 0.29) is 0 Å². The van der Waals surface area contributed by atoms with Gasteiger partial charge in [0.2, 0.25) is 0 Å². The number of aromatic nitrogens is 3. The van der Waals surface area contributed by atoms with E-state index in [0.29, 0.717) is 6.54 Å². The fourth-order valence-electron chi connectivity index (χ4n) is 3.28. The van der Waals surface area contributed by atoms with Gasteiger partial charge in [0.15, 0.2) is 11.5 Å². The molecule has 0 unspecified atom stereocenters. The standard InChI is InChI=1S/C18H21N5O/c1-18(24)7-2-10-23(13-18)15-5-3-14(4-6-15)21-16-17-20-9-12-22(17)11-8-19-16/h3-6,8-9,11-12,24H,2,7,10,13H2,1H3,(H,19,21)/t18-/m0/s1. The molecule has 0 bridgehead atoms. The molecule has 24 heavy (non-hydrogen) atoms. The minimum atomic E-state index is -0.602. The molecule has 4 rings (SSSR count). The second-order valence-electron chi connectivity index (χ2n) is 6.63. The third-order valence-electron chi connectivity index (χ3n) is 4.48. The fraction of sp³-hybridized carbons (Fsp3) is 0.333. The van der Waals surface area contributed by atoms with Crippen molar-refractivity contribution in [2.24, 2.45) is 0 Å². The molecule has 1 saturated heterocycles. The van der Waals surface area contributed by atoms with Crippen molar-refractivity contribution in [1.29, 1.82) is 0 Å². The van der Waals surface area contributed by atoms with Crippen LogP contribution in [0, 0.1) is 0 Å². The summed E-state index contributed by atoms with van der Waals surface area (Å²) in [4.78, 5) is 10.9. The quantitative estimate of drug-likeness (QED) is 0.776. The maximum Gasteiger partial charge on any atom is 0.180 e. The number of anilines is 3. The molecule has 0 saturated carbocycles. The molecule has 1 aliphatic rings. The van der Waals surface area contributed by atoms with Gasteiger partial charge in [-0.1, -0.05) is 0 Å². The number of hydrogen-bond donors (Lipinski definition) is 2. The Morgan fingerprint density at radius 3 is 2.62 bits per heavy atom. The molecule has 3 heterocycles. The summed E-state index contributed by atoms with van der Waals surface area (Å²) in [5, 5.41) is 13.6. The number of rotatable bonds is 3. The largest absolute Gasteiger partial charge is 0.388 e. The normalized spacial score (nSPS) is 21.2. The molecule has 3 aromatic rings. The Morgan fingerprint density at radius 2 is 1.88 bits per heavy atom. The van der Waals surface area contributed by atoms with E-state index in [1.165, 1.54) is 0 Å². The first-order valence-electron chi connectivity index (χ1n) is 8.23. The summed E-state index contributed by atoms with van der Waals surface area (Å²) in [7, 11) is 0.